The predicted octanol–water partition coefficient (Wildman–Crippen LogP) is 4.57. The highest BCUT2D eigenvalue weighted by Gasteiger charge is 2.16. The number of amides is 2. The molecule has 0 heterocycles. The molecule has 2 aromatic carbocycles. The summed E-state index contributed by atoms with van der Waals surface area (Å²) in [4.78, 5) is 11.8. The number of urea groups is 1. The average Bonchev–Trinajstić information content (AvgIpc) is 2.56. The topological polar surface area (TPSA) is 87.3 Å². The van der Waals surface area contributed by atoms with Gasteiger partial charge in [-0.3, -0.25) is 4.72 Å². The Morgan fingerprint density at radius 1 is 1.08 bits per heavy atom. The van der Waals surface area contributed by atoms with Crippen LogP contribution in [0.15, 0.2) is 47.4 Å². The van der Waals surface area contributed by atoms with Gasteiger partial charge in [0.2, 0.25) is 0 Å². The molecule has 0 aliphatic heterocycles. The van der Waals surface area contributed by atoms with E-state index in [4.69, 9.17) is 23.2 Å². The van der Waals surface area contributed by atoms with Crippen LogP contribution in [-0.4, -0.2) is 21.0 Å². The van der Waals surface area contributed by atoms with Crippen LogP contribution in [0.4, 0.5) is 16.2 Å². The summed E-state index contributed by atoms with van der Waals surface area (Å²) in [6, 6.07) is 9.92. The largest absolute Gasteiger partial charge is 0.338 e. The highest BCUT2D eigenvalue weighted by atomic mass is 35.5. The van der Waals surface area contributed by atoms with E-state index >= 15 is 0 Å². The van der Waals surface area contributed by atoms with Crippen LogP contribution in [-0.2, 0) is 10.0 Å². The van der Waals surface area contributed by atoms with Crippen LogP contribution >= 0.6 is 23.2 Å². The highest BCUT2D eigenvalue weighted by Crippen LogP contribution is 2.27. The summed E-state index contributed by atoms with van der Waals surface area (Å²) in [5, 5.41) is 5.95. The van der Waals surface area contributed by atoms with Gasteiger partial charge < -0.3 is 10.6 Å². The number of hydrogen-bond donors (Lipinski definition) is 3. The van der Waals surface area contributed by atoms with Crippen molar-refractivity contribution in [1.82, 2.24) is 5.32 Å². The van der Waals surface area contributed by atoms with Gasteiger partial charge in [0, 0.05) is 17.3 Å². The summed E-state index contributed by atoms with van der Waals surface area (Å²) in [6.07, 6.45) is 0. The third-order valence-electron chi connectivity index (χ3n) is 3.27. The molecule has 0 bridgehead atoms. The summed E-state index contributed by atoms with van der Waals surface area (Å²) >= 11 is 11.8. The fourth-order valence-electron chi connectivity index (χ4n) is 1.97. The van der Waals surface area contributed by atoms with E-state index in [1.165, 1.54) is 42.5 Å². The molecule has 2 amide bonds. The molecule has 0 saturated heterocycles. The average molecular weight is 416 g/mol. The van der Waals surface area contributed by atoms with E-state index < -0.39 is 10.0 Å². The molecule has 0 radical (unpaired) electrons. The molecule has 0 aliphatic rings. The van der Waals surface area contributed by atoms with Crippen molar-refractivity contribution in [3.63, 3.8) is 0 Å². The van der Waals surface area contributed by atoms with Crippen LogP contribution in [0.5, 0.6) is 0 Å². The number of rotatable bonds is 6. The molecule has 26 heavy (non-hydrogen) atoms. The maximum atomic E-state index is 12.4. The minimum atomic E-state index is -3.82. The smallest absolute Gasteiger partial charge is 0.319 e. The zero-order chi connectivity index (χ0) is 19.3. The van der Waals surface area contributed by atoms with Crippen molar-refractivity contribution in [3.05, 3.63) is 52.5 Å². The minimum Gasteiger partial charge on any atom is -0.338 e. The molecule has 0 unspecified atom stereocenters. The summed E-state index contributed by atoms with van der Waals surface area (Å²) in [5.41, 5.74) is 0.709. The van der Waals surface area contributed by atoms with Crippen LogP contribution in [0.2, 0.25) is 10.0 Å². The van der Waals surface area contributed by atoms with Crippen molar-refractivity contribution in [2.45, 2.75) is 18.7 Å². The zero-order valence-electron chi connectivity index (χ0n) is 14.2. The van der Waals surface area contributed by atoms with Crippen molar-refractivity contribution in [3.8, 4) is 0 Å². The standard InChI is InChI=1S/C17H19Cl2N3O3S/c1-11(2)10-20-17(23)21-13-4-6-14(7-5-13)26(24,25)22-16-8-3-12(18)9-15(16)19/h3-9,11,22H,10H2,1-2H3,(H2,20,21,23). The Bertz CT molecular complexity index is 885. The molecule has 6 nitrogen and oxygen atoms in total. The molecule has 3 N–H and O–H groups in total. The van der Waals surface area contributed by atoms with Gasteiger partial charge >= 0.3 is 6.03 Å². The molecule has 2 aromatic rings. The second-order valence-corrected chi connectivity index (χ2v) is 8.51. The third kappa shape index (κ3) is 5.79. The fourth-order valence-corrected chi connectivity index (χ4v) is 3.56. The number of anilines is 2. The second kappa shape index (κ2) is 8.62. The van der Waals surface area contributed by atoms with E-state index in [-0.39, 0.29) is 21.6 Å². The van der Waals surface area contributed by atoms with Crippen molar-refractivity contribution >= 4 is 50.6 Å². The van der Waals surface area contributed by atoms with Crippen molar-refractivity contribution in [2.24, 2.45) is 5.92 Å². The Kier molecular flexibility index (Phi) is 6.75. The Labute approximate surface area is 162 Å². The van der Waals surface area contributed by atoms with Gasteiger partial charge in [0.25, 0.3) is 10.0 Å². The highest BCUT2D eigenvalue weighted by molar-refractivity contribution is 7.92. The zero-order valence-corrected chi connectivity index (χ0v) is 16.5. The normalized spacial score (nSPS) is 11.3. The Balaban J connectivity index is 2.07. The van der Waals surface area contributed by atoms with Gasteiger partial charge in [0.15, 0.2) is 0 Å². The number of carbonyl (C=O) groups excluding carboxylic acids is 1. The van der Waals surface area contributed by atoms with Crippen molar-refractivity contribution < 1.29 is 13.2 Å². The van der Waals surface area contributed by atoms with E-state index in [9.17, 15) is 13.2 Å². The molecular weight excluding hydrogens is 397 g/mol. The quantitative estimate of drug-likeness (QED) is 0.645. The van der Waals surface area contributed by atoms with E-state index in [2.05, 4.69) is 15.4 Å². The first-order chi connectivity index (χ1) is 12.2. The Hall–Kier alpha value is -1.96. The summed E-state index contributed by atoms with van der Waals surface area (Å²) < 4.78 is 27.3. The minimum absolute atomic E-state index is 0.0386. The number of benzene rings is 2. The van der Waals surface area contributed by atoms with E-state index in [0.717, 1.165) is 0 Å². The van der Waals surface area contributed by atoms with Gasteiger partial charge in [-0.15, -0.1) is 0 Å². The van der Waals surface area contributed by atoms with Gasteiger partial charge in [-0.2, -0.15) is 0 Å². The molecule has 0 saturated carbocycles. The number of nitrogens with one attached hydrogen (secondary N) is 3. The molecule has 2 rings (SSSR count). The van der Waals surface area contributed by atoms with E-state index in [1.54, 1.807) is 0 Å². The number of carbonyl (C=O) groups is 1. The van der Waals surface area contributed by atoms with Gasteiger partial charge in [-0.1, -0.05) is 37.0 Å². The lowest BCUT2D eigenvalue weighted by molar-refractivity contribution is 0.251. The van der Waals surface area contributed by atoms with Gasteiger partial charge in [-0.25, -0.2) is 13.2 Å². The van der Waals surface area contributed by atoms with Crippen LogP contribution in [0.25, 0.3) is 0 Å². The van der Waals surface area contributed by atoms with Gasteiger partial charge in [0.1, 0.15) is 0 Å². The van der Waals surface area contributed by atoms with Crippen molar-refractivity contribution in [2.75, 3.05) is 16.6 Å². The summed E-state index contributed by atoms with van der Waals surface area (Å²) in [7, 11) is -3.82. The second-order valence-electron chi connectivity index (χ2n) is 5.98. The lowest BCUT2D eigenvalue weighted by atomic mass is 10.2. The first-order valence-corrected chi connectivity index (χ1v) is 10.0. The predicted molar refractivity (Wildman–Crippen MR) is 106 cm³/mol. The van der Waals surface area contributed by atoms with Crippen LogP contribution in [0.1, 0.15) is 13.8 Å². The lowest BCUT2D eigenvalue weighted by Gasteiger charge is -2.11. The maximum absolute atomic E-state index is 12.4. The number of sulfonamides is 1. The Morgan fingerprint density at radius 3 is 2.31 bits per heavy atom. The third-order valence-corrected chi connectivity index (χ3v) is 5.20. The van der Waals surface area contributed by atoms with Crippen molar-refractivity contribution in [1.29, 1.82) is 0 Å². The van der Waals surface area contributed by atoms with Crippen LogP contribution in [0, 0.1) is 5.92 Å². The number of halogens is 2. The summed E-state index contributed by atoms with van der Waals surface area (Å²) in [5.74, 6) is 0.332. The first kappa shape index (κ1) is 20.4. The van der Waals surface area contributed by atoms with Crippen LogP contribution in [0.3, 0.4) is 0 Å². The van der Waals surface area contributed by atoms with Gasteiger partial charge in [0.05, 0.1) is 15.6 Å². The molecular formula is C17H19Cl2N3O3S. The van der Waals surface area contributed by atoms with Gasteiger partial charge in [-0.05, 0) is 48.4 Å². The number of hydrogen-bond acceptors (Lipinski definition) is 3. The van der Waals surface area contributed by atoms with E-state index in [0.29, 0.717) is 23.2 Å². The summed E-state index contributed by atoms with van der Waals surface area (Å²) in [6.45, 7) is 4.52. The van der Waals surface area contributed by atoms with Crippen LogP contribution < -0.4 is 15.4 Å². The molecule has 0 fully saturated rings. The Morgan fingerprint density at radius 2 is 1.73 bits per heavy atom. The molecule has 0 aromatic heterocycles. The fraction of sp³-hybridized carbons (Fsp3) is 0.235. The molecule has 0 aliphatic carbocycles. The molecule has 9 heteroatoms. The first-order valence-electron chi connectivity index (χ1n) is 7.80. The molecule has 140 valence electrons. The maximum Gasteiger partial charge on any atom is 0.319 e. The van der Waals surface area contributed by atoms with E-state index in [1.807, 2.05) is 13.8 Å². The molecule has 0 spiro atoms. The molecule has 0 atom stereocenters. The SMILES string of the molecule is CC(C)CNC(=O)Nc1ccc(S(=O)(=O)Nc2ccc(Cl)cc2Cl)cc1. The monoisotopic (exact) mass is 415 g/mol. The lowest BCUT2D eigenvalue weighted by Crippen LogP contribution is -2.31.